The average molecular weight is 295 g/mol. The number of nitrogens with zero attached hydrogens (tertiary/aromatic N) is 1. The van der Waals surface area contributed by atoms with Crippen LogP contribution in [0.5, 0.6) is 0 Å². The number of carbonyl (C=O) groups is 1. The van der Waals surface area contributed by atoms with Crippen molar-refractivity contribution in [3.8, 4) is 0 Å². The zero-order valence-electron chi connectivity index (χ0n) is 12.3. The first-order chi connectivity index (χ1) is 9.63. The lowest BCUT2D eigenvalue weighted by molar-refractivity contribution is -0.133. The molecule has 1 saturated heterocycles. The molecule has 4 heteroatoms. The second kappa shape index (κ2) is 6.98. The Morgan fingerprint density at radius 1 is 1.45 bits per heavy atom. The van der Waals surface area contributed by atoms with Crippen molar-refractivity contribution in [1.82, 2.24) is 4.90 Å². The molecule has 20 heavy (non-hydrogen) atoms. The average Bonchev–Trinajstić information content (AvgIpc) is 2.48. The van der Waals surface area contributed by atoms with Crippen molar-refractivity contribution in [1.29, 1.82) is 0 Å². The predicted molar refractivity (Wildman–Crippen MR) is 84.3 cm³/mol. The van der Waals surface area contributed by atoms with Crippen LogP contribution in [0.1, 0.15) is 38.2 Å². The molecule has 1 aliphatic heterocycles. The number of halogens is 1. The van der Waals surface area contributed by atoms with Crippen molar-refractivity contribution in [2.45, 2.75) is 45.6 Å². The van der Waals surface area contributed by atoms with Gasteiger partial charge >= 0.3 is 0 Å². The summed E-state index contributed by atoms with van der Waals surface area (Å²) in [4.78, 5) is 14.4. The summed E-state index contributed by atoms with van der Waals surface area (Å²) in [5, 5.41) is 3.95. The highest BCUT2D eigenvalue weighted by molar-refractivity contribution is 6.31. The lowest BCUT2D eigenvalue weighted by Gasteiger charge is -2.35. The Labute approximate surface area is 126 Å². The number of rotatable bonds is 4. The second-order valence-electron chi connectivity index (χ2n) is 5.41. The van der Waals surface area contributed by atoms with Crippen LogP contribution in [0.25, 0.3) is 0 Å². The van der Waals surface area contributed by atoms with E-state index in [0.717, 1.165) is 42.1 Å². The molecule has 1 unspecified atom stereocenters. The van der Waals surface area contributed by atoms with E-state index in [9.17, 15) is 4.79 Å². The first kappa shape index (κ1) is 15.2. The number of benzene rings is 1. The third-order valence-corrected chi connectivity index (χ3v) is 4.53. The van der Waals surface area contributed by atoms with Crippen LogP contribution in [-0.4, -0.2) is 29.9 Å². The number of anilines is 1. The summed E-state index contributed by atoms with van der Waals surface area (Å²) < 4.78 is 0. The Kier molecular flexibility index (Phi) is 5.30. The van der Waals surface area contributed by atoms with E-state index >= 15 is 0 Å². The second-order valence-corrected chi connectivity index (χ2v) is 5.82. The highest BCUT2D eigenvalue weighted by Gasteiger charge is 2.24. The predicted octanol–water partition coefficient (Wildman–Crippen LogP) is 3.85. The SMILES string of the molecule is CCC1CCCCN1C(=O)CNc1cccc(Cl)c1C. The Hall–Kier alpha value is -1.22. The van der Waals surface area contributed by atoms with E-state index < -0.39 is 0 Å². The fourth-order valence-corrected chi connectivity index (χ4v) is 3.00. The molecule has 110 valence electrons. The van der Waals surface area contributed by atoms with Crippen LogP contribution in [0.2, 0.25) is 5.02 Å². The van der Waals surface area contributed by atoms with Crippen LogP contribution < -0.4 is 5.32 Å². The molecule has 2 rings (SSSR count). The number of carbonyl (C=O) groups excluding carboxylic acids is 1. The van der Waals surface area contributed by atoms with Crippen molar-refractivity contribution >= 4 is 23.2 Å². The van der Waals surface area contributed by atoms with Crippen LogP contribution in [0.3, 0.4) is 0 Å². The molecule has 0 bridgehead atoms. The minimum absolute atomic E-state index is 0.191. The van der Waals surface area contributed by atoms with Crippen LogP contribution in [-0.2, 0) is 4.79 Å². The zero-order valence-corrected chi connectivity index (χ0v) is 13.0. The molecule has 1 aliphatic rings. The molecule has 0 spiro atoms. The summed E-state index contributed by atoms with van der Waals surface area (Å²) in [6, 6.07) is 6.14. The normalized spacial score (nSPS) is 18.9. The summed E-state index contributed by atoms with van der Waals surface area (Å²) in [5.41, 5.74) is 1.93. The van der Waals surface area contributed by atoms with Crippen molar-refractivity contribution in [2.75, 3.05) is 18.4 Å². The molecule has 1 atom stereocenters. The Morgan fingerprint density at radius 2 is 2.25 bits per heavy atom. The smallest absolute Gasteiger partial charge is 0.242 e. The third kappa shape index (κ3) is 3.45. The van der Waals surface area contributed by atoms with Crippen molar-refractivity contribution in [3.63, 3.8) is 0 Å². The lowest BCUT2D eigenvalue weighted by Crippen LogP contribution is -2.45. The molecule has 0 saturated carbocycles. The van der Waals surface area contributed by atoms with Crippen LogP contribution in [0, 0.1) is 6.92 Å². The van der Waals surface area contributed by atoms with E-state index in [-0.39, 0.29) is 5.91 Å². The molecule has 3 nitrogen and oxygen atoms in total. The minimum atomic E-state index is 0.191. The number of nitrogens with one attached hydrogen (secondary N) is 1. The third-order valence-electron chi connectivity index (χ3n) is 4.12. The minimum Gasteiger partial charge on any atom is -0.376 e. The van der Waals surface area contributed by atoms with Gasteiger partial charge in [-0.05, 0) is 50.3 Å². The summed E-state index contributed by atoms with van der Waals surface area (Å²) >= 11 is 6.09. The zero-order chi connectivity index (χ0) is 14.5. The van der Waals surface area contributed by atoms with E-state index in [1.54, 1.807) is 0 Å². The summed E-state index contributed by atoms with van der Waals surface area (Å²) in [6.07, 6.45) is 4.54. The first-order valence-corrected chi connectivity index (χ1v) is 7.79. The van der Waals surface area contributed by atoms with E-state index in [4.69, 9.17) is 11.6 Å². The van der Waals surface area contributed by atoms with Crippen molar-refractivity contribution in [3.05, 3.63) is 28.8 Å². The molecular weight excluding hydrogens is 272 g/mol. The number of likely N-dealkylation sites (tertiary alicyclic amines) is 1. The summed E-state index contributed by atoms with van der Waals surface area (Å²) in [5.74, 6) is 0.191. The number of hydrogen-bond acceptors (Lipinski definition) is 2. The molecule has 1 aromatic rings. The van der Waals surface area contributed by atoms with Crippen molar-refractivity contribution < 1.29 is 4.79 Å². The maximum Gasteiger partial charge on any atom is 0.242 e. The Bertz CT molecular complexity index is 476. The number of piperidine rings is 1. The monoisotopic (exact) mass is 294 g/mol. The quantitative estimate of drug-likeness (QED) is 0.915. The molecule has 0 aliphatic carbocycles. The van der Waals surface area contributed by atoms with Gasteiger partial charge in [0.25, 0.3) is 0 Å². The van der Waals surface area contributed by atoms with Crippen LogP contribution >= 0.6 is 11.6 Å². The number of amides is 1. The van der Waals surface area contributed by atoms with Gasteiger partial charge in [-0.25, -0.2) is 0 Å². The van der Waals surface area contributed by atoms with Gasteiger partial charge in [-0.3, -0.25) is 4.79 Å². The topological polar surface area (TPSA) is 32.3 Å². The molecule has 1 aromatic carbocycles. The van der Waals surface area contributed by atoms with E-state index in [2.05, 4.69) is 12.2 Å². The van der Waals surface area contributed by atoms with Gasteiger partial charge in [0.05, 0.1) is 6.54 Å². The summed E-state index contributed by atoms with van der Waals surface area (Å²) in [7, 11) is 0. The highest BCUT2D eigenvalue weighted by atomic mass is 35.5. The van der Waals surface area contributed by atoms with Gasteiger partial charge < -0.3 is 10.2 Å². The van der Waals surface area contributed by atoms with E-state index in [0.29, 0.717) is 12.6 Å². The van der Waals surface area contributed by atoms with Gasteiger partial charge in [0, 0.05) is 23.3 Å². The van der Waals surface area contributed by atoms with Gasteiger partial charge in [-0.1, -0.05) is 24.6 Å². The highest BCUT2D eigenvalue weighted by Crippen LogP contribution is 2.23. The number of hydrogen-bond donors (Lipinski definition) is 1. The van der Waals surface area contributed by atoms with E-state index in [1.807, 2.05) is 30.0 Å². The Morgan fingerprint density at radius 3 is 3.00 bits per heavy atom. The molecule has 0 aromatic heterocycles. The molecule has 1 amide bonds. The van der Waals surface area contributed by atoms with Crippen LogP contribution in [0.4, 0.5) is 5.69 Å². The molecule has 1 fully saturated rings. The van der Waals surface area contributed by atoms with Gasteiger partial charge in [0.1, 0.15) is 0 Å². The van der Waals surface area contributed by atoms with Gasteiger partial charge in [0.15, 0.2) is 0 Å². The first-order valence-electron chi connectivity index (χ1n) is 7.42. The maximum atomic E-state index is 12.4. The molecular formula is C16H23ClN2O. The van der Waals surface area contributed by atoms with Gasteiger partial charge in [0.2, 0.25) is 5.91 Å². The van der Waals surface area contributed by atoms with E-state index in [1.165, 1.54) is 6.42 Å². The molecule has 1 heterocycles. The maximum absolute atomic E-state index is 12.4. The Balaban J connectivity index is 1.96. The summed E-state index contributed by atoms with van der Waals surface area (Å²) in [6.45, 7) is 5.36. The van der Waals surface area contributed by atoms with Gasteiger partial charge in [-0.2, -0.15) is 0 Å². The van der Waals surface area contributed by atoms with Crippen LogP contribution in [0.15, 0.2) is 18.2 Å². The fourth-order valence-electron chi connectivity index (χ4n) is 2.82. The molecule has 1 N–H and O–H groups in total. The largest absolute Gasteiger partial charge is 0.376 e. The van der Waals surface area contributed by atoms with Gasteiger partial charge in [-0.15, -0.1) is 0 Å². The molecule has 0 radical (unpaired) electrons. The van der Waals surface area contributed by atoms with Crippen molar-refractivity contribution in [2.24, 2.45) is 0 Å². The lowest BCUT2D eigenvalue weighted by atomic mass is 10.00. The standard InChI is InChI=1S/C16H23ClN2O/c1-3-13-7-4-5-10-19(13)16(20)11-18-15-9-6-8-14(17)12(15)2/h6,8-9,13,18H,3-5,7,10-11H2,1-2H3. The fraction of sp³-hybridized carbons (Fsp3) is 0.562.